The monoisotopic (exact) mass is 357 g/mol. The minimum Gasteiger partial charge on any atom is -0.493 e. The fraction of sp³-hybridized carbons (Fsp3) is 0.500. The standard InChI is InChI=1S/C20H27N3O3/c1-12(2)20(24)23-7-5-13(6-8-23)19-15(21)9-14-10-17(25-3)18(26-4)11-16(14)22-19/h9-13H,5-8,21H2,1-4H3. The Morgan fingerprint density at radius 2 is 1.77 bits per heavy atom. The number of amides is 1. The van der Waals surface area contributed by atoms with E-state index < -0.39 is 0 Å². The number of hydrogen-bond acceptors (Lipinski definition) is 5. The van der Waals surface area contributed by atoms with Crippen LogP contribution >= 0.6 is 0 Å². The SMILES string of the molecule is COc1cc2cc(N)c(C3CCN(C(=O)C(C)C)CC3)nc2cc1OC. The number of piperidine rings is 1. The topological polar surface area (TPSA) is 77.7 Å². The van der Waals surface area contributed by atoms with Crippen molar-refractivity contribution in [2.24, 2.45) is 5.92 Å². The minimum absolute atomic E-state index is 0.0397. The third kappa shape index (κ3) is 3.41. The lowest BCUT2D eigenvalue weighted by Crippen LogP contribution is -2.40. The lowest BCUT2D eigenvalue weighted by molar-refractivity contribution is -0.135. The smallest absolute Gasteiger partial charge is 0.225 e. The highest BCUT2D eigenvalue weighted by molar-refractivity contribution is 5.86. The van der Waals surface area contributed by atoms with Crippen LogP contribution < -0.4 is 15.2 Å². The zero-order valence-electron chi connectivity index (χ0n) is 15.9. The number of benzene rings is 1. The van der Waals surface area contributed by atoms with Crippen LogP contribution in [-0.4, -0.2) is 43.1 Å². The van der Waals surface area contributed by atoms with E-state index in [-0.39, 0.29) is 17.7 Å². The lowest BCUT2D eigenvalue weighted by Gasteiger charge is -2.33. The summed E-state index contributed by atoms with van der Waals surface area (Å²) in [6.45, 7) is 5.40. The van der Waals surface area contributed by atoms with E-state index in [2.05, 4.69) is 0 Å². The number of nitrogens with two attached hydrogens (primary N) is 1. The van der Waals surface area contributed by atoms with Gasteiger partial charge in [-0.1, -0.05) is 13.8 Å². The Hall–Kier alpha value is -2.50. The summed E-state index contributed by atoms with van der Waals surface area (Å²) < 4.78 is 10.7. The average molecular weight is 357 g/mol. The van der Waals surface area contributed by atoms with Crippen molar-refractivity contribution in [1.82, 2.24) is 9.88 Å². The summed E-state index contributed by atoms with van der Waals surface area (Å²) in [5.74, 6) is 1.84. The number of likely N-dealkylation sites (tertiary alicyclic amines) is 1. The van der Waals surface area contributed by atoms with Gasteiger partial charge in [0.15, 0.2) is 11.5 Å². The van der Waals surface area contributed by atoms with Crippen LogP contribution in [0.4, 0.5) is 5.69 Å². The quantitative estimate of drug-likeness (QED) is 0.909. The third-order valence-electron chi connectivity index (χ3n) is 5.07. The van der Waals surface area contributed by atoms with E-state index in [9.17, 15) is 4.79 Å². The number of carbonyl (C=O) groups excluding carboxylic acids is 1. The van der Waals surface area contributed by atoms with E-state index in [0.717, 1.165) is 42.5 Å². The second-order valence-electron chi connectivity index (χ2n) is 7.12. The van der Waals surface area contributed by atoms with Crippen LogP contribution in [-0.2, 0) is 4.79 Å². The number of pyridine rings is 1. The molecule has 26 heavy (non-hydrogen) atoms. The highest BCUT2D eigenvalue weighted by Crippen LogP contribution is 2.36. The van der Waals surface area contributed by atoms with Crippen molar-refractivity contribution in [3.05, 3.63) is 23.9 Å². The van der Waals surface area contributed by atoms with E-state index in [4.69, 9.17) is 20.2 Å². The van der Waals surface area contributed by atoms with Crippen molar-refractivity contribution in [2.75, 3.05) is 33.0 Å². The molecule has 0 aliphatic carbocycles. The Bertz CT molecular complexity index is 812. The molecular formula is C20H27N3O3. The second-order valence-corrected chi connectivity index (χ2v) is 7.12. The molecule has 2 N–H and O–H groups in total. The molecule has 0 radical (unpaired) electrons. The molecule has 0 bridgehead atoms. The van der Waals surface area contributed by atoms with E-state index in [0.29, 0.717) is 17.2 Å². The number of nitrogens with zero attached hydrogens (tertiary/aromatic N) is 2. The van der Waals surface area contributed by atoms with Gasteiger partial charge in [0, 0.05) is 36.4 Å². The first kappa shape index (κ1) is 18.3. The van der Waals surface area contributed by atoms with Gasteiger partial charge in [0.2, 0.25) is 5.91 Å². The number of fused-ring (bicyclic) bond motifs is 1. The highest BCUT2D eigenvalue weighted by atomic mass is 16.5. The van der Waals surface area contributed by atoms with Crippen molar-refractivity contribution in [3.8, 4) is 11.5 Å². The molecule has 1 aromatic heterocycles. The first-order valence-electron chi connectivity index (χ1n) is 9.05. The summed E-state index contributed by atoms with van der Waals surface area (Å²) in [7, 11) is 3.23. The van der Waals surface area contributed by atoms with Gasteiger partial charge in [-0.3, -0.25) is 9.78 Å². The molecular weight excluding hydrogens is 330 g/mol. The fourth-order valence-corrected chi connectivity index (χ4v) is 3.60. The number of methoxy groups -OCH3 is 2. The van der Waals surface area contributed by atoms with Gasteiger partial charge in [0.1, 0.15) is 0 Å². The van der Waals surface area contributed by atoms with Crippen molar-refractivity contribution in [3.63, 3.8) is 0 Å². The van der Waals surface area contributed by atoms with Crippen LogP contribution in [0.5, 0.6) is 11.5 Å². The van der Waals surface area contributed by atoms with Gasteiger partial charge in [0.05, 0.1) is 31.1 Å². The molecule has 6 nitrogen and oxygen atoms in total. The maximum Gasteiger partial charge on any atom is 0.225 e. The van der Waals surface area contributed by atoms with Crippen LogP contribution in [0.2, 0.25) is 0 Å². The lowest BCUT2D eigenvalue weighted by atomic mass is 9.91. The first-order chi connectivity index (χ1) is 12.4. The zero-order chi connectivity index (χ0) is 18.8. The molecule has 1 fully saturated rings. The molecule has 1 amide bonds. The molecule has 2 aromatic rings. The maximum absolute atomic E-state index is 12.2. The molecule has 0 atom stereocenters. The van der Waals surface area contributed by atoms with Crippen molar-refractivity contribution >= 4 is 22.5 Å². The number of rotatable bonds is 4. The van der Waals surface area contributed by atoms with E-state index >= 15 is 0 Å². The maximum atomic E-state index is 12.2. The molecule has 0 saturated carbocycles. The van der Waals surface area contributed by atoms with Gasteiger partial charge in [0.25, 0.3) is 0 Å². The molecule has 1 aliphatic heterocycles. The van der Waals surface area contributed by atoms with Crippen LogP contribution in [0, 0.1) is 5.92 Å². The van der Waals surface area contributed by atoms with Crippen molar-refractivity contribution in [1.29, 1.82) is 0 Å². The molecule has 2 heterocycles. The highest BCUT2D eigenvalue weighted by Gasteiger charge is 2.27. The Morgan fingerprint density at radius 1 is 1.15 bits per heavy atom. The predicted octanol–water partition coefficient (Wildman–Crippen LogP) is 3.20. The Balaban J connectivity index is 1.87. The van der Waals surface area contributed by atoms with Crippen LogP contribution in [0.3, 0.4) is 0 Å². The molecule has 1 aromatic carbocycles. The summed E-state index contributed by atoms with van der Waals surface area (Å²) in [4.78, 5) is 18.9. The molecule has 3 rings (SSSR count). The first-order valence-corrected chi connectivity index (χ1v) is 9.05. The fourth-order valence-electron chi connectivity index (χ4n) is 3.60. The molecule has 1 aliphatic rings. The van der Waals surface area contributed by atoms with E-state index in [1.165, 1.54) is 0 Å². The third-order valence-corrected chi connectivity index (χ3v) is 5.07. The van der Waals surface area contributed by atoms with E-state index in [1.54, 1.807) is 14.2 Å². The van der Waals surface area contributed by atoms with Gasteiger partial charge in [-0.25, -0.2) is 0 Å². The number of ether oxygens (including phenoxy) is 2. The van der Waals surface area contributed by atoms with Crippen LogP contribution in [0.1, 0.15) is 38.3 Å². The summed E-state index contributed by atoms with van der Waals surface area (Å²) >= 11 is 0. The summed E-state index contributed by atoms with van der Waals surface area (Å²) in [6, 6.07) is 5.73. The van der Waals surface area contributed by atoms with Gasteiger partial charge in [-0.05, 0) is 25.0 Å². The van der Waals surface area contributed by atoms with Crippen LogP contribution in [0.15, 0.2) is 18.2 Å². The molecule has 1 saturated heterocycles. The second kappa shape index (κ2) is 7.40. The molecule has 0 unspecified atom stereocenters. The number of carbonyl (C=O) groups is 1. The van der Waals surface area contributed by atoms with Gasteiger partial charge >= 0.3 is 0 Å². The van der Waals surface area contributed by atoms with Gasteiger partial charge < -0.3 is 20.1 Å². The van der Waals surface area contributed by atoms with Gasteiger partial charge in [-0.15, -0.1) is 0 Å². The minimum atomic E-state index is 0.0397. The normalized spacial score (nSPS) is 15.5. The number of aromatic nitrogens is 1. The average Bonchev–Trinajstić information content (AvgIpc) is 2.65. The molecule has 6 heteroatoms. The number of nitrogen functional groups attached to an aromatic ring is 1. The Morgan fingerprint density at radius 3 is 2.35 bits per heavy atom. The Labute approximate surface area is 154 Å². The summed E-state index contributed by atoms with van der Waals surface area (Å²) in [5.41, 5.74) is 8.76. The summed E-state index contributed by atoms with van der Waals surface area (Å²) in [6.07, 6.45) is 1.77. The van der Waals surface area contributed by atoms with Gasteiger partial charge in [-0.2, -0.15) is 0 Å². The Kier molecular flexibility index (Phi) is 5.20. The predicted molar refractivity (Wildman–Crippen MR) is 103 cm³/mol. The molecule has 0 spiro atoms. The summed E-state index contributed by atoms with van der Waals surface area (Å²) in [5, 5.41) is 0.927. The molecule has 140 valence electrons. The zero-order valence-corrected chi connectivity index (χ0v) is 15.9. The number of anilines is 1. The van der Waals surface area contributed by atoms with Crippen molar-refractivity contribution < 1.29 is 14.3 Å². The van der Waals surface area contributed by atoms with Crippen LogP contribution in [0.25, 0.3) is 10.9 Å². The number of hydrogen-bond donors (Lipinski definition) is 1. The van der Waals surface area contributed by atoms with Crippen molar-refractivity contribution in [2.45, 2.75) is 32.6 Å². The van der Waals surface area contributed by atoms with E-state index in [1.807, 2.05) is 36.9 Å². The largest absolute Gasteiger partial charge is 0.493 e.